The van der Waals surface area contributed by atoms with Gasteiger partial charge in [-0.3, -0.25) is 25.2 Å². The molecule has 0 aliphatic heterocycles. The second-order valence-corrected chi connectivity index (χ2v) is 6.12. The molecule has 8 heteroatoms. The van der Waals surface area contributed by atoms with Crippen molar-refractivity contribution in [3.8, 4) is 11.5 Å². The summed E-state index contributed by atoms with van der Waals surface area (Å²) in [6, 6.07) is 18.0. The first-order chi connectivity index (χ1) is 14.0. The zero-order valence-corrected chi connectivity index (χ0v) is 15.5. The molecule has 0 unspecified atom stereocenters. The Morgan fingerprint density at radius 3 is 2.21 bits per heavy atom. The highest BCUT2D eigenvalue weighted by Gasteiger charge is 2.21. The molecule has 29 heavy (non-hydrogen) atoms. The third-order valence-electron chi connectivity index (χ3n) is 4.17. The molecule has 8 nitrogen and oxygen atoms in total. The predicted octanol–water partition coefficient (Wildman–Crippen LogP) is 5.61. The molecule has 0 radical (unpaired) electrons. The molecular weight excluding hydrogens is 374 g/mol. The number of benzene rings is 3. The van der Waals surface area contributed by atoms with Crippen molar-refractivity contribution in [3.05, 3.63) is 98.1 Å². The van der Waals surface area contributed by atoms with Gasteiger partial charge in [-0.2, -0.15) is 0 Å². The van der Waals surface area contributed by atoms with Gasteiger partial charge in [0.1, 0.15) is 5.75 Å². The highest BCUT2D eigenvalue weighted by Crippen LogP contribution is 2.34. The highest BCUT2D eigenvalue weighted by atomic mass is 16.6. The quantitative estimate of drug-likeness (QED) is 0.295. The molecular formula is C21H17N3O5. The molecule has 0 amide bonds. The topological polar surface area (TPSA) is 108 Å². The molecule has 3 rings (SSSR count). The number of aliphatic imine (C=N–C) groups is 1. The predicted molar refractivity (Wildman–Crippen MR) is 109 cm³/mol. The third-order valence-corrected chi connectivity index (χ3v) is 4.17. The molecule has 0 fully saturated rings. The van der Waals surface area contributed by atoms with E-state index < -0.39 is 15.5 Å². The van der Waals surface area contributed by atoms with Crippen LogP contribution in [0.3, 0.4) is 0 Å². The van der Waals surface area contributed by atoms with E-state index in [1.165, 1.54) is 11.6 Å². The van der Waals surface area contributed by atoms with E-state index in [0.717, 1.165) is 29.8 Å². The summed E-state index contributed by atoms with van der Waals surface area (Å²) in [5, 5.41) is 22.0. The van der Waals surface area contributed by atoms with Crippen LogP contribution in [0.5, 0.6) is 11.5 Å². The average molecular weight is 391 g/mol. The van der Waals surface area contributed by atoms with Crippen LogP contribution in [0.4, 0.5) is 17.1 Å². The lowest BCUT2D eigenvalue weighted by Gasteiger charge is -2.06. The van der Waals surface area contributed by atoms with Crippen LogP contribution in [0.2, 0.25) is 0 Å². The van der Waals surface area contributed by atoms with E-state index in [0.29, 0.717) is 5.75 Å². The monoisotopic (exact) mass is 391 g/mol. The van der Waals surface area contributed by atoms with Gasteiger partial charge < -0.3 is 4.74 Å². The molecule has 0 atom stereocenters. The van der Waals surface area contributed by atoms with Crippen LogP contribution in [0, 0.1) is 20.2 Å². The summed E-state index contributed by atoms with van der Waals surface area (Å²) in [5.41, 5.74) is 2.06. The van der Waals surface area contributed by atoms with Crippen LogP contribution in [0.15, 0.2) is 71.7 Å². The molecule has 3 aromatic rings. The third kappa shape index (κ3) is 5.01. The van der Waals surface area contributed by atoms with E-state index in [2.05, 4.69) is 11.9 Å². The van der Waals surface area contributed by atoms with Crippen molar-refractivity contribution in [1.82, 2.24) is 0 Å². The lowest BCUT2D eigenvalue weighted by Crippen LogP contribution is -1.96. The maximum absolute atomic E-state index is 11.2. The smallest absolute Gasteiger partial charge is 0.318 e. The Bertz CT molecular complexity index is 1060. The van der Waals surface area contributed by atoms with Crippen molar-refractivity contribution in [2.45, 2.75) is 13.3 Å². The molecule has 0 N–H and O–H groups in total. The minimum absolute atomic E-state index is 0.0713. The summed E-state index contributed by atoms with van der Waals surface area (Å²) in [6.07, 6.45) is 2.68. The lowest BCUT2D eigenvalue weighted by atomic mass is 10.1. The van der Waals surface area contributed by atoms with Gasteiger partial charge in [-0.05, 0) is 60.0 Å². The Morgan fingerprint density at radius 1 is 0.931 bits per heavy atom. The number of non-ortho nitro benzene ring substituents is 1. The van der Waals surface area contributed by atoms with Crippen molar-refractivity contribution >= 4 is 23.3 Å². The Balaban J connectivity index is 1.74. The maximum Gasteiger partial charge on any atom is 0.318 e. The van der Waals surface area contributed by atoms with Crippen LogP contribution in [0.1, 0.15) is 18.1 Å². The van der Waals surface area contributed by atoms with Crippen molar-refractivity contribution in [3.63, 3.8) is 0 Å². The van der Waals surface area contributed by atoms with E-state index in [-0.39, 0.29) is 11.4 Å². The normalized spacial score (nSPS) is 10.8. The standard InChI is InChI=1S/C21H17N3O5/c1-2-15-3-7-17(8-4-15)22-14-16-5-10-19(11-6-16)29-21-12-9-18(23(25)26)13-20(21)24(27)28/h3-14H,2H2,1H3. The second-order valence-electron chi connectivity index (χ2n) is 6.12. The summed E-state index contributed by atoms with van der Waals surface area (Å²) < 4.78 is 5.54. The minimum Gasteiger partial charge on any atom is -0.450 e. The summed E-state index contributed by atoms with van der Waals surface area (Å²) in [7, 11) is 0. The van der Waals surface area contributed by atoms with E-state index >= 15 is 0 Å². The van der Waals surface area contributed by atoms with Gasteiger partial charge in [0.25, 0.3) is 5.69 Å². The number of rotatable bonds is 7. The summed E-state index contributed by atoms with van der Waals surface area (Å²) in [6.45, 7) is 2.09. The number of aryl methyl sites for hydroxylation is 1. The van der Waals surface area contributed by atoms with Gasteiger partial charge in [0.2, 0.25) is 5.75 Å². The number of ether oxygens (including phenoxy) is 1. The molecule has 0 bridgehead atoms. The molecule has 0 aliphatic rings. The van der Waals surface area contributed by atoms with E-state index in [4.69, 9.17) is 4.74 Å². The fourth-order valence-corrected chi connectivity index (χ4v) is 2.56. The van der Waals surface area contributed by atoms with Crippen molar-refractivity contribution < 1.29 is 14.6 Å². The molecule has 146 valence electrons. The van der Waals surface area contributed by atoms with Gasteiger partial charge in [0.05, 0.1) is 21.6 Å². The Kier molecular flexibility index (Phi) is 5.94. The first kappa shape index (κ1) is 19.7. The van der Waals surface area contributed by atoms with Gasteiger partial charge in [0, 0.05) is 12.3 Å². The molecule has 3 aromatic carbocycles. The number of hydrogen-bond donors (Lipinski definition) is 0. The van der Waals surface area contributed by atoms with Crippen molar-refractivity contribution in [2.24, 2.45) is 4.99 Å². The SMILES string of the molecule is CCc1ccc(N=Cc2ccc(Oc3ccc([N+](=O)[O-])cc3[N+](=O)[O-])cc2)cc1. The molecule has 0 aromatic heterocycles. The molecule has 0 saturated carbocycles. The highest BCUT2D eigenvalue weighted by molar-refractivity contribution is 5.82. The maximum atomic E-state index is 11.2. The number of nitro groups is 2. The lowest BCUT2D eigenvalue weighted by molar-refractivity contribution is -0.394. The molecule has 0 aliphatic carbocycles. The minimum atomic E-state index is -0.715. The molecule has 0 heterocycles. The van der Waals surface area contributed by atoms with Crippen LogP contribution in [-0.2, 0) is 6.42 Å². The van der Waals surface area contributed by atoms with Crippen LogP contribution in [0.25, 0.3) is 0 Å². The second kappa shape index (κ2) is 8.75. The first-order valence-electron chi connectivity index (χ1n) is 8.80. The van der Waals surface area contributed by atoms with Gasteiger partial charge >= 0.3 is 5.69 Å². The van der Waals surface area contributed by atoms with Crippen LogP contribution < -0.4 is 4.74 Å². The zero-order valence-electron chi connectivity index (χ0n) is 15.5. The van der Waals surface area contributed by atoms with Gasteiger partial charge in [-0.1, -0.05) is 19.1 Å². The number of nitro benzene ring substituents is 2. The molecule has 0 saturated heterocycles. The fraction of sp³-hybridized carbons (Fsp3) is 0.0952. The van der Waals surface area contributed by atoms with Gasteiger partial charge in [-0.25, -0.2) is 0 Å². The van der Waals surface area contributed by atoms with Crippen molar-refractivity contribution in [1.29, 1.82) is 0 Å². The zero-order chi connectivity index (χ0) is 20.8. The average Bonchev–Trinajstić information content (AvgIpc) is 2.73. The largest absolute Gasteiger partial charge is 0.450 e. The Morgan fingerprint density at radius 2 is 1.62 bits per heavy atom. The summed E-state index contributed by atoms with van der Waals surface area (Å²) in [4.78, 5) is 25.0. The van der Waals surface area contributed by atoms with Crippen LogP contribution in [-0.4, -0.2) is 16.1 Å². The van der Waals surface area contributed by atoms with Gasteiger partial charge in [0.15, 0.2) is 0 Å². The number of hydrogen-bond acceptors (Lipinski definition) is 6. The van der Waals surface area contributed by atoms with E-state index in [9.17, 15) is 20.2 Å². The first-order valence-corrected chi connectivity index (χ1v) is 8.80. The van der Waals surface area contributed by atoms with E-state index in [1.807, 2.05) is 24.3 Å². The van der Waals surface area contributed by atoms with Crippen LogP contribution >= 0.6 is 0 Å². The summed E-state index contributed by atoms with van der Waals surface area (Å²) in [5.74, 6) is 0.296. The van der Waals surface area contributed by atoms with Gasteiger partial charge in [-0.15, -0.1) is 0 Å². The Labute approximate surface area is 166 Å². The van der Waals surface area contributed by atoms with Crippen molar-refractivity contribution in [2.75, 3.05) is 0 Å². The fourth-order valence-electron chi connectivity index (χ4n) is 2.56. The van der Waals surface area contributed by atoms with E-state index in [1.54, 1.807) is 30.5 Å². The summed E-state index contributed by atoms with van der Waals surface area (Å²) >= 11 is 0. The Hall–Kier alpha value is -4.07. The molecule has 0 spiro atoms. The number of nitrogens with zero attached hydrogens (tertiary/aromatic N) is 3.